The van der Waals surface area contributed by atoms with Crippen molar-refractivity contribution in [1.82, 2.24) is 9.97 Å². The van der Waals surface area contributed by atoms with Gasteiger partial charge in [-0.1, -0.05) is 12.1 Å². The third kappa shape index (κ3) is 2.89. The summed E-state index contributed by atoms with van der Waals surface area (Å²) in [5.41, 5.74) is 4.58. The van der Waals surface area contributed by atoms with Crippen LogP contribution in [0.2, 0.25) is 0 Å². The van der Waals surface area contributed by atoms with Gasteiger partial charge in [0.15, 0.2) is 0 Å². The van der Waals surface area contributed by atoms with Crippen LogP contribution in [0.5, 0.6) is 0 Å². The summed E-state index contributed by atoms with van der Waals surface area (Å²) in [6, 6.07) is 10.4. The van der Waals surface area contributed by atoms with Crippen molar-refractivity contribution < 1.29 is 0 Å². The molecule has 2 heterocycles. The first-order valence-corrected chi connectivity index (χ1v) is 5.58. The monoisotopic (exact) mass is 212 g/mol. The molecule has 0 aliphatic carbocycles. The van der Waals surface area contributed by atoms with Crippen molar-refractivity contribution in [2.75, 3.05) is 0 Å². The fourth-order valence-corrected chi connectivity index (χ4v) is 1.66. The van der Waals surface area contributed by atoms with Gasteiger partial charge < -0.3 is 0 Å². The van der Waals surface area contributed by atoms with Crippen molar-refractivity contribution in [2.45, 2.75) is 26.7 Å². The Morgan fingerprint density at radius 3 is 2.50 bits per heavy atom. The smallest absolute Gasteiger partial charge is 0.0410 e. The number of hydrogen-bond donors (Lipinski definition) is 0. The normalized spacial score (nSPS) is 10.4. The zero-order valence-electron chi connectivity index (χ0n) is 9.77. The number of aryl methyl sites for hydroxylation is 4. The first-order valence-electron chi connectivity index (χ1n) is 5.58. The zero-order chi connectivity index (χ0) is 11.4. The van der Waals surface area contributed by atoms with Crippen LogP contribution in [0.25, 0.3) is 0 Å². The molecule has 0 saturated heterocycles. The molecule has 0 N–H and O–H groups in total. The number of aromatic nitrogens is 2. The lowest BCUT2D eigenvalue weighted by Crippen LogP contribution is -1.96. The molecule has 2 aromatic heterocycles. The lowest BCUT2D eigenvalue weighted by molar-refractivity contribution is 0.895. The van der Waals surface area contributed by atoms with E-state index in [0.29, 0.717) is 0 Å². The average Bonchev–Trinajstić information content (AvgIpc) is 2.28. The first kappa shape index (κ1) is 10.8. The van der Waals surface area contributed by atoms with Gasteiger partial charge >= 0.3 is 0 Å². The Labute approximate surface area is 96.4 Å². The molecule has 2 rings (SSSR count). The highest BCUT2D eigenvalue weighted by Crippen LogP contribution is 2.06. The number of pyridine rings is 2. The molecule has 0 atom stereocenters. The van der Waals surface area contributed by atoms with Gasteiger partial charge in [-0.05, 0) is 50.5 Å². The lowest BCUT2D eigenvalue weighted by Gasteiger charge is -2.02. The maximum atomic E-state index is 4.49. The van der Waals surface area contributed by atoms with Crippen LogP contribution in [0.15, 0.2) is 36.5 Å². The molecule has 0 saturated carbocycles. The number of rotatable bonds is 3. The third-order valence-corrected chi connectivity index (χ3v) is 2.59. The van der Waals surface area contributed by atoms with Gasteiger partial charge in [0, 0.05) is 23.3 Å². The fourth-order valence-electron chi connectivity index (χ4n) is 1.66. The molecule has 0 aliphatic rings. The standard InChI is InChI=1S/C14H16N2/c1-11-6-7-13(10-15-11)8-9-14-5-3-4-12(2)16-14/h3-7,10H,8-9H2,1-2H3. The minimum absolute atomic E-state index is 0.979. The Morgan fingerprint density at radius 2 is 1.81 bits per heavy atom. The van der Waals surface area contributed by atoms with E-state index < -0.39 is 0 Å². The van der Waals surface area contributed by atoms with Gasteiger partial charge in [-0.15, -0.1) is 0 Å². The highest BCUT2D eigenvalue weighted by molar-refractivity contribution is 5.16. The quantitative estimate of drug-likeness (QED) is 0.781. The van der Waals surface area contributed by atoms with Crippen molar-refractivity contribution in [3.63, 3.8) is 0 Å². The summed E-state index contributed by atoms with van der Waals surface area (Å²) >= 11 is 0. The summed E-state index contributed by atoms with van der Waals surface area (Å²) in [4.78, 5) is 8.77. The number of hydrogen-bond acceptors (Lipinski definition) is 2. The molecule has 0 fully saturated rings. The summed E-state index contributed by atoms with van der Waals surface area (Å²) < 4.78 is 0. The second-order valence-corrected chi connectivity index (χ2v) is 4.08. The van der Waals surface area contributed by atoms with Crippen LogP contribution in [0.3, 0.4) is 0 Å². The van der Waals surface area contributed by atoms with E-state index in [9.17, 15) is 0 Å². The molecule has 82 valence electrons. The molecule has 2 aromatic rings. The minimum Gasteiger partial charge on any atom is -0.261 e. The average molecular weight is 212 g/mol. The van der Waals surface area contributed by atoms with Gasteiger partial charge in [-0.2, -0.15) is 0 Å². The van der Waals surface area contributed by atoms with E-state index >= 15 is 0 Å². The van der Waals surface area contributed by atoms with E-state index in [1.807, 2.05) is 26.1 Å². The van der Waals surface area contributed by atoms with Crippen molar-refractivity contribution in [2.24, 2.45) is 0 Å². The molecule has 2 heteroatoms. The lowest BCUT2D eigenvalue weighted by atomic mass is 10.1. The highest BCUT2D eigenvalue weighted by atomic mass is 14.7. The Hall–Kier alpha value is -1.70. The van der Waals surface area contributed by atoms with E-state index in [-0.39, 0.29) is 0 Å². The molecule has 0 aliphatic heterocycles. The first-order chi connectivity index (χ1) is 7.74. The minimum atomic E-state index is 0.979. The summed E-state index contributed by atoms with van der Waals surface area (Å²) in [5.74, 6) is 0. The Bertz CT molecular complexity index is 460. The summed E-state index contributed by atoms with van der Waals surface area (Å²) in [6.45, 7) is 4.03. The molecule has 0 amide bonds. The fraction of sp³-hybridized carbons (Fsp3) is 0.286. The topological polar surface area (TPSA) is 25.8 Å². The van der Waals surface area contributed by atoms with Gasteiger partial charge in [0.05, 0.1) is 0 Å². The van der Waals surface area contributed by atoms with E-state index in [1.54, 1.807) is 0 Å². The number of nitrogens with zero attached hydrogens (tertiary/aromatic N) is 2. The molecule has 16 heavy (non-hydrogen) atoms. The van der Waals surface area contributed by atoms with Crippen LogP contribution < -0.4 is 0 Å². The Kier molecular flexibility index (Phi) is 3.30. The Balaban J connectivity index is 1.99. The Morgan fingerprint density at radius 1 is 0.938 bits per heavy atom. The highest BCUT2D eigenvalue weighted by Gasteiger charge is 1.97. The molecule has 2 nitrogen and oxygen atoms in total. The van der Waals surface area contributed by atoms with E-state index in [2.05, 4.69) is 34.2 Å². The molecule has 0 spiro atoms. The SMILES string of the molecule is Cc1ccc(CCc2cccc(C)n2)cn1. The van der Waals surface area contributed by atoms with Crippen LogP contribution in [0, 0.1) is 13.8 Å². The molecule has 0 aromatic carbocycles. The van der Waals surface area contributed by atoms with Crippen LogP contribution >= 0.6 is 0 Å². The summed E-state index contributed by atoms with van der Waals surface area (Å²) in [6.07, 6.45) is 3.93. The maximum Gasteiger partial charge on any atom is 0.0410 e. The van der Waals surface area contributed by atoms with Crippen molar-refractivity contribution in [1.29, 1.82) is 0 Å². The molecular formula is C14H16N2. The predicted molar refractivity (Wildman–Crippen MR) is 65.4 cm³/mol. The van der Waals surface area contributed by atoms with Gasteiger partial charge in [0.1, 0.15) is 0 Å². The predicted octanol–water partition coefficient (Wildman–Crippen LogP) is 2.88. The summed E-state index contributed by atoms with van der Waals surface area (Å²) in [7, 11) is 0. The van der Waals surface area contributed by atoms with E-state index in [4.69, 9.17) is 0 Å². The summed E-state index contributed by atoms with van der Waals surface area (Å²) in [5, 5.41) is 0. The molecule has 0 unspecified atom stereocenters. The van der Waals surface area contributed by atoms with Crippen molar-refractivity contribution >= 4 is 0 Å². The molecule has 0 bridgehead atoms. The van der Waals surface area contributed by atoms with Crippen LogP contribution in [-0.4, -0.2) is 9.97 Å². The van der Waals surface area contributed by atoms with Crippen molar-refractivity contribution in [3.05, 3.63) is 59.2 Å². The van der Waals surface area contributed by atoms with Gasteiger partial charge in [-0.3, -0.25) is 9.97 Å². The van der Waals surface area contributed by atoms with Crippen LogP contribution in [0.1, 0.15) is 22.6 Å². The van der Waals surface area contributed by atoms with Crippen LogP contribution in [0.4, 0.5) is 0 Å². The molecular weight excluding hydrogens is 196 g/mol. The van der Waals surface area contributed by atoms with Gasteiger partial charge in [0.25, 0.3) is 0 Å². The second kappa shape index (κ2) is 4.88. The van der Waals surface area contributed by atoms with E-state index in [1.165, 1.54) is 5.56 Å². The second-order valence-electron chi connectivity index (χ2n) is 4.08. The zero-order valence-corrected chi connectivity index (χ0v) is 9.77. The maximum absolute atomic E-state index is 4.49. The third-order valence-electron chi connectivity index (χ3n) is 2.59. The largest absolute Gasteiger partial charge is 0.261 e. The molecule has 0 radical (unpaired) electrons. The van der Waals surface area contributed by atoms with Gasteiger partial charge in [0.2, 0.25) is 0 Å². The van der Waals surface area contributed by atoms with E-state index in [0.717, 1.165) is 29.9 Å². The van der Waals surface area contributed by atoms with Crippen LogP contribution in [-0.2, 0) is 12.8 Å². The van der Waals surface area contributed by atoms with Gasteiger partial charge in [-0.25, -0.2) is 0 Å². The van der Waals surface area contributed by atoms with Crippen molar-refractivity contribution in [3.8, 4) is 0 Å².